The van der Waals surface area contributed by atoms with Gasteiger partial charge in [-0.15, -0.1) is 0 Å². The van der Waals surface area contributed by atoms with Crippen molar-refractivity contribution < 1.29 is 9.18 Å². The minimum absolute atomic E-state index is 0.0699. The van der Waals surface area contributed by atoms with E-state index in [0.29, 0.717) is 0 Å². The van der Waals surface area contributed by atoms with Gasteiger partial charge in [0.05, 0.1) is 5.41 Å². The van der Waals surface area contributed by atoms with Crippen LogP contribution in [0.5, 0.6) is 0 Å². The highest BCUT2D eigenvalue weighted by molar-refractivity contribution is 5.89. The Balaban J connectivity index is 2.03. The van der Waals surface area contributed by atoms with Crippen molar-refractivity contribution in [2.75, 3.05) is 6.54 Å². The number of hydrogen-bond donors (Lipinski definition) is 1. The molecule has 1 N–H and O–H groups in total. The van der Waals surface area contributed by atoms with E-state index in [9.17, 15) is 9.18 Å². The van der Waals surface area contributed by atoms with Crippen LogP contribution in [0.25, 0.3) is 0 Å². The zero-order valence-electron chi connectivity index (χ0n) is 11.5. The Hall–Kier alpha value is -1.38. The van der Waals surface area contributed by atoms with Crippen LogP contribution in [0.3, 0.4) is 0 Å². The quantitative estimate of drug-likeness (QED) is 0.781. The molecule has 0 radical (unpaired) electrons. The van der Waals surface area contributed by atoms with Gasteiger partial charge in [-0.05, 0) is 37.0 Å². The molecule has 0 aliphatic heterocycles. The molecule has 0 unspecified atom stereocenters. The van der Waals surface area contributed by atoms with Gasteiger partial charge in [0.25, 0.3) is 0 Å². The maximum Gasteiger partial charge on any atom is 0.230 e. The van der Waals surface area contributed by atoms with Crippen LogP contribution >= 0.6 is 0 Å². The van der Waals surface area contributed by atoms with Crippen molar-refractivity contribution in [3.05, 3.63) is 35.6 Å². The van der Waals surface area contributed by atoms with Crippen LogP contribution in [-0.2, 0) is 10.2 Å². The maximum atomic E-state index is 13.3. The Kier molecular flexibility index (Phi) is 4.56. The third-order valence-electron chi connectivity index (χ3n) is 4.08. The molecule has 0 atom stereocenters. The molecule has 0 saturated heterocycles. The first kappa shape index (κ1) is 14.0. The molecule has 104 valence electrons. The Morgan fingerprint density at radius 3 is 2.74 bits per heavy atom. The maximum absolute atomic E-state index is 13.3. The van der Waals surface area contributed by atoms with Crippen LogP contribution in [0.2, 0.25) is 0 Å². The number of carbonyl (C=O) groups excluding carboxylic acids is 1. The van der Waals surface area contributed by atoms with E-state index >= 15 is 0 Å². The summed E-state index contributed by atoms with van der Waals surface area (Å²) in [6.45, 7) is 2.87. The van der Waals surface area contributed by atoms with Crippen molar-refractivity contribution in [3.63, 3.8) is 0 Å². The summed E-state index contributed by atoms with van der Waals surface area (Å²) in [4.78, 5) is 12.4. The molecule has 1 saturated carbocycles. The summed E-state index contributed by atoms with van der Waals surface area (Å²) in [5.74, 6) is -0.192. The van der Waals surface area contributed by atoms with Gasteiger partial charge >= 0.3 is 0 Å². The topological polar surface area (TPSA) is 29.1 Å². The number of unbranched alkanes of at least 4 members (excludes halogenated alkanes) is 2. The average molecular weight is 263 g/mol. The van der Waals surface area contributed by atoms with Crippen LogP contribution < -0.4 is 5.32 Å². The number of rotatable bonds is 6. The molecule has 1 aliphatic rings. The number of benzene rings is 1. The van der Waals surface area contributed by atoms with Gasteiger partial charge in [-0.25, -0.2) is 4.39 Å². The minimum Gasteiger partial charge on any atom is -0.355 e. The number of amides is 1. The van der Waals surface area contributed by atoms with Gasteiger partial charge < -0.3 is 5.32 Å². The zero-order valence-corrected chi connectivity index (χ0v) is 11.5. The van der Waals surface area contributed by atoms with Crippen molar-refractivity contribution in [2.45, 2.75) is 50.9 Å². The highest BCUT2D eigenvalue weighted by atomic mass is 19.1. The summed E-state index contributed by atoms with van der Waals surface area (Å²) in [7, 11) is 0. The molecule has 1 aromatic carbocycles. The number of nitrogens with one attached hydrogen (secondary N) is 1. The normalized spacial score (nSPS) is 16.7. The lowest BCUT2D eigenvalue weighted by atomic mass is 9.64. The van der Waals surface area contributed by atoms with Gasteiger partial charge in [0.15, 0.2) is 0 Å². The van der Waals surface area contributed by atoms with Crippen molar-refractivity contribution in [1.29, 1.82) is 0 Å². The summed E-state index contributed by atoms with van der Waals surface area (Å²) in [6.07, 6.45) is 5.99. The van der Waals surface area contributed by atoms with Crippen LogP contribution in [-0.4, -0.2) is 12.5 Å². The summed E-state index contributed by atoms with van der Waals surface area (Å²) in [5, 5.41) is 3.02. The van der Waals surface area contributed by atoms with E-state index in [2.05, 4.69) is 12.2 Å². The molecule has 2 rings (SSSR count). The van der Waals surface area contributed by atoms with Crippen molar-refractivity contribution in [3.8, 4) is 0 Å². The lowest BCUT2D eigenvalue weighted by Gasteiger charge is -2.40. The second-order valence-corrected chi connectivity index (χ2v) is 5.41. The molecule has 1 aromatic rings. The van der Waals surface area contributed by atoms with Crippen LogP contribution in [0.15, 0.2) is 24.3 Å². The van der Waals surface area contributed by atoms with Crippen LogP contribution in [0.4, 0.5) is 4.39 Å². The molecule has 0 bridgehead atoms. The highest BCUT2D eigenvalue weighted by Gasteiger charge is 2.45. The predicted octanol–water partition coefficient (Wildman–Crippen LogP) is 3.55. The van der Waals surface area contributed by atoms with E-state index in [4.69, 9.17) is 0 Å². The van der Waals surface area contributed by atoms with Crippen molar-refractivity contribution in [2.24, 2.45) is 0 Å². The Labute approximate surface area is 114 Å². The standard InChI is InChI=1S/C16H22FNO/c1-2-3-4-11-18-15(19)16(9-6-10-16)13-7-5-8-14(17)12-13/h5,7-8,12H,2-4,6,9-11H2,1H3,(H,18,19). The molecule has 1 amide bonds. The third-order valence-corrected chi connectivity index (χ3v) is 4.08. The highest BCUT2D eigenvalue weighted by Crippen LogP contribution is 2.44. The molecule has 0 spiro atoms. The summed E-state index contributed by atoms with van der Waals surface area (Å²) in [5.41, 5.74) is 0.348. The van der Waals surface area contributed by atoms with Crippen molar-refractivity contribution in [1.82, 2.24) is 5.32 Å². The van der Waals surface area contributed by atoms with Crippen LogP contribution in [0, 0.1) is 5.82 Å². The first-order valence-corrected chi connectivity index (χ1v) is 7.23. The van der Waals surface area contributed by atoms with E-state index in [-0.39, 0.29) is 11.7 Å². The zero-order chi connectivity index (χ0) is 13.7. The number of halogens is 1. The second-order valence-electron chi connectivity index (χ2n) is 5.41. The SMILES string of the molecule is CCCCCNC(=O)C1(c2cccc(F)c2)CCC1. The van der Waals surface area contributed by atoms with E-state index in [1.54, 1.807) is 6.07 Å². The molecule has 19 heavy (non-hydrogen) atoms. The smallest absolute Gasteiger partial charge is 0.230 e. The molecule has 2 nitrogen and oxygen atoms in total. The third kappa shape index (κ3) is 2.96. The van der Waals surface area contributed by atoms with Crippen LogP contribution in [0.1, 0.15) is 51.0 Å². The molecular formula is C16H22FNO. The van der Waals surface area contributed by atoms with E-state index in [0.717, 1.165) is 50.6 Å². The fraction of sp³-hybridized carbons (Fsp3) is 0.562. The fourth-order valence-corrected chi connectivity index (χ4v) is 2.71. The molecule has 0 aromatic heterocycles. The fourth-order valence-electron chi connectivity index (χ4n) is 2.71. The largest absolute Gasteiger partial charge is 0.355 e. The first-order valence-electron chi connectivity index (χ1n) is 7.23. The Morgan fingerprint density at radius 2 is 2.16 bits per heavy atom. The lowest BCUT2D eigenvalue weighted by Crippen LogP contribution is -2.49. The van der Waals surface area contributed by atoms with Gasteiger partial charge in [0.2, 0.25) is 5.91 Å². The van der Waals surface area contributed by atoms with Gasteiger partial charge in [-0.3, -0.25) is 4.79 Å². The monoisotopic (exact) mass is 263 g/mol. The second kappa shape index (κ2) is 6.18. The number of carbonyl (C=O) groups is 1. The molecule has 0 heterocycles. The minimum atomic E-state index is -0.478. The van der Waals surface area contributed by atoms with Gasteiger partial charge in [0, 0.05) is 6.54 Å². The lowest BCUT2D eigenvalue weighted by molar-refractivity contribution is -0.129. The number of hydrogen-bond acceptors (Lipinski definition) is 1. The molecule has 1 fully saturated rings. The van der Waals surface area contributed by atoms with Gasteiger partial charge in [-0.1, -0.05) is 38.3 Å². The summed E-state index contributed by atoms with van der Waals surface area (Å²) >= 11 is 0. The first-order chi connectivity index (χ1) is 9.19. The Morgan fingerprint density at radius 1 is 1.37 bits per heavy atom. The summed E-state index contributed by atoms with van der Waals surface area (Å²) in [6, 6.07) is 6.49. The van der Waals surface area contributed by atoms with E-state index < -0.39 is 5.41 Å². The summed E-state index contributed by atoms with van der Waals surface area (Å²) < 4.78 is 13.3. The van der Waals surface area contributed by atoms with E-state index in [1.807, 2.05) is 6.07 Å². The van der Waals surface area contributed by atoms with Gasteiger partial charge in [0.1, 0.15) is 5.82 Å². The molecule has 3 heteroatoms. The molecular weight excluding hydrogens is 241 g/mol. The van der Waals surface area contributed by atoms with Gasteiger partial charge in [-0.2, -0.15) is 0 Å². The van der Waals surface area contributed by atoms with E-state index in [1.165, 1.54) is 12.1 Å². The average Bonchev–Trinajstić information content (AvgIpc) is 2.33. The molecule has 1 aliphatic carbocycles. The predicted molar refractivity (Wildman–Crippen MR) is 74.5 cm³/mol. The Bertz CT molecular complexity index is 440. The van der Waals surface area contributed by atoms with Crippen molar-refractivity contribution >= 4 is 5.91 Å².